The van der Waals surface area contributed by atoms with Crippen molar-refractivity contribution in [2.75, 3.05) is 6.61 Å². The van der Waals surface area contributed by atoms with Gasteiger partial charge in [0, 0.05) is 0 Å². The van der Waals surface area contributed by atoms with Gasteiger partial charge < -0.3 is 9.84 Å². The number of carbonyl (C=O) groups excluding carboxylic acids is 1. The minimum Gasteiger partial charge on any atom is -0.466 e. The van der Waals surface area contributed by atoms with Crippen molar-refractivity contribution in [1.29, 1.82) is 0 Å². The van der Waals surface area contributed by atoms with Crippen molar-refractivity contribution in [1.82, 2.24) is 0 Å². The predicted molar refractivity (Wildman–Crippen MR) is 82.8 cm³/mol. The highest BCUT2D eigenvalue weighted by atomic mass is 16.5. The van der Waals surface area contributed by atoms with Gasteiger partial charge in [0.1, 0.15) is 0 Å². The van der Waals surface area contributed by atoms with Crippen LogP contribution < -0.4 is 0 Å². The summed E-state index contributed by atoms with van der Waals surface area (Å²) < 4.78 is 4.84. The number of rotatable bonds is 6. The van der Waals surface area contributed by atoms with E-state index in [0.29, 0.717) is 13.0 Å². The first-order chi connectivity index (χ1) is 10.2. The zero-order valence-electron chi connectivity index (χ0n) is 12.2. The Morgan fingerprint density at radius 1 is 1.10 bits per heavy atom. The van der Waals surface area contributed by atoms with Gasteiger partial charge >= 0.3 is 5.97 Å². The third kappa shape index (κ3) is 4.72. The third-order valence-corrected chi connectivity index (χ3v) is 3.21. The van der Waals surface area contributed by atoms with Gasteiger partial charge in [0.05, 0.1) is 19.1 Å². The fraction of sp³-hybridized carbons (Fsp3) is 0.278. The maximum atomic E-state index is 11.3. The molecule has 0 aliphatic heterocycles. The van der Waals surface area contributed by atoms with Crippen LogP contribution in [0.3, 0.4) is 0 Å². The molecule has 0 aliphatic rings. The summed E-state index contributed by atoms with van der Waals surface area (Å²) in [5.74, 6) is -0.357. The fourth-order valence-corrected chi connectivity index (χ4v) is 2.27. The molecule has 0 heterocycles. The highest BCUT2D eigenvalue weighted by Crippen LogP contribution is 2.20. The monoisotopic (exact) mass is 284 g/mol. The first-order valence-corrected chi connectivity index (χ1v) is 7.17. The zero-order chi connectivity index (χ0) is 15.1. The molecule has 0 aliphatic carbocycles. The predicted octanol–water partition coefficient (Wildman–Crippen LogP) is 3.21. The molecule has 21 heavy (non-hydrogen) atoms. The maximum Gasteiger partial charge on any atom is 0.308 e. The molecule has 2 rings (SSSR count). The molecule has 1 atom stereocenters. The summed E-state index contributed by atoms with van der Waals surface area (Å²) in [5.41, 5.74) is 3.25. The third-order valence-electron chi connectivity index (χ3n) is 3.21. The number of aliphatic hydroxyl groups is 1. The summed E-state index contributed by atoms with van der Waals surface area (Å²) in [5, 5.41) is 9.96. The van der Waals surface area contributed by atoms with Crippen molar-refractivity contribution in [3.05, 3.63) is 60.2 Å². The second-order valence-electron chi connectivity index (χ2n) is 4.93. The molecule has 0 fully saturated rings. The smallest absolute Gasteiger partial charge is 0.308 e. The van der Waals surface area contributed by atoms with Crippen molar-refractivity contribution in [3.63, 3.8) is 0 Å². The van der Waals surface area contributed by atoms with Gasteiger partial charge in [0.2, 0.25) is 0 Å². The van der Waals surface area contributed by atoms with Crippen molar-refractivity contribution >= 4 is 5.97 Å². The highest BCUT2D eigenvalue weighted by Gasteiger charge is 2.12. The van der Waals surface area contributed by atoms with E-state index in [1.165, 1.54) is 0 Å². The summed E-state index contributed by atoms with van der Waals surface area (Å²) >= 11 is 0. The molecule has 0 saturated carbocycles. The van der Waals surface area contributed by atoms with Crippen LogP contribution in [0.25, 0.3) is 11.1 Å². The maximum absolute atomic E-state index is 11.3. The molecular formula is C18H20O3. The molecular weight excluding hydrogens is 264 g/mol. The SMILES string of the molecule is CCOC(=O)C[C@H](O)Cc1cccc(-c2ccccc2)c1. The van der Waals surface area contributed by atoms with E-state index < -0.39 is 6.10 Å². The molecule has 2 aromatic rings. The standard InChI is InChI=1S/C18H20O3/c1-2-21-18(20)13-17(19)12-14-7-6-10-16(11-14)15-8-4-3-5-9-15/h3-11,17,19H,2,12-13H2,1H3/t17-/m1/s1. The lowest BCUT2D eigenvalue weighted by molar-refractivity contribution is -0.145. The van der Waals surface area contributed by atoms with Crippen molar-refractivity contribution in [3.8, 4) is 11.1 Å². The normalized spacial score (nSPS) is 11.9. The van der Waals surface area contributed by atoms with Gasteiger partial charge in [-0.1, -0.05) is 54.6 Å². The minimum atomic E-state index is -0.713. The number of benzene rings is 2. The van der Waals surface area contributed by atoms with E-state index in [-0.39, 0.29) is 12.4 Å². The molecule has 0 bridgehead atoms. The number of hydrogen-bond donors (Lipinski definition) is 1. The Labute approximate surface area is 125 Å². The number of ether oxygens (including phenoxy) is 1. The van der Waals surface area contributed by atoms with Gasteiger partial charge in [-0.2, -0.15) is 0 Å². The molecule has 1 N–H and O–H groups in total. The fourth-order valence-electron chi connectivity index (χ4n) is 2.27. The second-order valence-corrected chi connectivity index (χ2v) is 4.93. The van der Waals surface area contributed by atoms with Gasteiger partial charge in [-0.25, -0.2) is 0 Å². The van der Waals surface area contributed by atoms with Gasteiger partial charge in [-0.05, 0) is 30.0 Å². The minimum absolute atomic E-state index is 0.0312. The Balaban J connectivity index is 2.03. The van der Waals surface area contributed by atoms with Crippen LogP contribution in [0.5, 0.6) is 0 Å². The topological polar surface area (TPSA) is 46.5 Å². The number of aliphatic hydroxyl groups excluding tert-OH is 1. The number of hydrogen-bond acceptors (Lipinski definition) is 3. The van der Waals surface area contributed by atoms with Crippen LogP contribution in [0.1, 0.15) is 18.9 Å². The summed E-state index contributed by atoms with van der Waals surface area (Å²) in [6, 6.07) is 18.1. The van der Waals surface area contributed by atoms with Crippen molar-refractivity contribution in [2.24, 2.45) is 0 Å². The lowest BCUT2D eigenvalue weighted by Crippen LogP contribution is -2.18. The summed E-state index contributed by atoms with van der Waals surface area (Å²) in [7, 11) is 0. The van der Waals surface area contributed by atoms with E-state index in [1.807, 2.05) is 54.6 Å². The first kappa shape index (κ1) is 15.3. The second kappa shape index (κ2) is 7.60. The molecule has 2 aromatic carbocycles. The van der Waals surface area contributed by atoms with E-state index in [1.54, 1.807) is 6.92 Å². The average molecular weight is 284 g/mol. The van der Waals surface area contributed by atoms with Crippen LogP contribution in [-0.2, 0) is 16.0 Å². The molecule has 0 unspecified atom stereocenters. The molecule has 3 heteroatoms. The average Bonchev–Trinajstić information content (AvgIpc) is 2.48. The van der Waals surface area contributed by atoms with Crippen LogP contribution in [0.2, 0.25) is 0 Å². The van der Waals surface area contributed by atoms with Crippen LogP contribution in [-0.4, -0.2) is 23.8 Å². The van der Waals surface area contributed by atoms with Crippen LogP contribution >= 0.6 is 0 Å². The van der Waals surface area contributed by atoms with E-state index in [0.717, 1.165) is 16.7 Å². The highest BCUT2D eigenvalue weighted by molar-refractivity contribution is 5.70. The Hall–Kier alpha value is -2.13. The summed E-state index contributed by atoms with van der Waals surface area (Å²) in [6.07, 6.45) is -0.238. The first-order valence-electron chi connectivity index (χ1n) is 7.17. The van der Waals surface area contributed by atoms with Gasteiger partial charge in [-0.3, -0.25) is 4.79 Å². The lowest BCUT2D eigenvalue weighted by Gasteiger charge is -2.11. The Morgan fingerprint density at radius 2 is 1.81 bits per heavy atom. The summed E-state index contributed by atoms with van der Waals surface area (Å²) in [6.45, 7) is 2.10. The van der Waals surface area contributed by atoms with Gasteiger partial charge in [0.25, 0.3) is 0 Å². The van der Waals surface area contributed by atoms with Crippen LogP contribution in [0, 0.1) is 0 Å². The molecule has 0 saturated heterocycles. The Kier molecular flexibility index (Phi) is 5.52. The molecule has 0 aromatic heterocycles. The largest absolute Gasteiger partial charge is 0.466 e. The quantitative estimate of drug-likeness (QED) is 0.829. The van der Waals surface area contributed by atoms with Gasteiger partial charge in [0.15, 0.2) is 0 Å². The summed E-state index contributed by atoms with van der Waals surface area (Å²) in [4.78, 5) is 11.3. The molecule has 110 valence electrons. The van der Waals surface area contributed by atoms with Crippen LogP contribution in [0.4, 0.5) is 0 Å². The van der Waals surface area contributed by atoms with Crippen molar-refractivity contribution < 1.29 is 14.6 Å². The Morgan fingerprint density at radius 3 is 2.52 bits per heavy atom. The Bertz CT molecular complexity index is 578. The number of carbonyl (C=O) groups is 1. The van der Waals surface area contributed by atoms with Gasteiger partial charge in [-0.15, -0.1) is 0 Å². The molecule has 3 nitrogen and oxygen atoms in total. The lowest BCUT2D eigenvalue weighted by atomic mass is 9.99. The molecule has 0 radical (unpaired) electrons. The van der Waals surface area contributed by atoms with E-state index in [4.69, 9.17) is 4.74 Å². The molecule has 0 amide bonds. The molecule has 0 spiro atoms. The number of esters is 1. The van der Waals surface area contributed by atoms with E-state index >= 15 is 0 Å². The van der Waals surface area contributed by atoms with Crippen molar-refractivity contribution in [2.45, 2.75) is 25.9 Å². The van der Waals surface area contributed by atoms with E-state index in [9.17, 15) is 9.90 Å². The van der Waals surface area contributed by atoms with E-state index in [2.05, 4.69) is 0 Å². The van der Waals surface area contributed by atoms with Crippen LogP contribution in [0.15, 0.2) is 54.6 Å². The zero-order valence-corrected chi connectivity index (χ0v) is 12.2.